The maximum absolute atomic E-state index is 4.70. The Hall–Kier alpha value is -1.82. The molecule has 20 heavy (non-hydrogen) atoms. The third-order valence-corrected chi connectivity index (χ3v) is 4.86. The molecule has 0 aromatic carbocycles. The summed E-state index contributed by atoms with van der Waals surface area (Å²) in [5, 5.41) is 14.3. The van der Waals surface area contributed by atoms with Crippen molar-refractivity contribution < 1.29 is 0 Å². The van der Waals surface area contributed by atoms with Crippen molar-refractivity contribution in [3.8, 4) is 10.6 Å². The van der Waals surface area contributed by atoms with Crippen molar-refractivity contribution >= 4 is 16.3 Å². The molecule has 3 aromatic rings. The molecule has 1 fully saturated rings. The third-order valence-electron chi connectivity index (χ3n) is 3.91. The maximum atomic E-state index is 4.70. The van der Waals surface area contributed by atoms with Gasteiger partial charge in [-0.15, -0.1) is 10.2 Å². The van der Waals surface area contributed by atoms with Gasteiger partial charge in [0, 0.05) is 23.9 Å². The monoisotopic (exact) mass is 285 g/mol. The van der Waals surface area contributed by atoms with Crippen LogP contribution in [0.1, 0.15) is 43.8 Å². The molecule has 5 nitrogen and oxygen atoms in total. The summed E-state index contributed by atoms with van der Waals surface area (Å²) in [6.07, 6.45) is 9.94. The second-order valence-corrected chi connectivity index (χ2v) is 6.19. The van der Waals surface area contributed by atoms with Crippen LogP contribution in [0.3, 0.4) is 0 Å². The fourth-order valence-electron chi connectivity index (χ4n) is 2.86. The second-order valence-electron chi connectivity index (χ2n) is 5.23. The number of hydrogen-bond acceptors (Lipinski definition) is 5. The van der Waals surface area contributed by atoms with E-state index in [0.29, 0.717) is 5.92 Å². The zero-order valence-electron chi connectivity index (χ0n) is 11.1. The minimum Gasteiger partial charge on any atom is -0.265 e. The van der Waals surface area contributed by atoms with Gasteiger partial charge in [-0.25, -0.2) is 0 Å². The van der Waals surface area contributed by atoms with Crippen LogP contribution in [0.5, 0.6) is 0 Å². The van der Waals surface area contributed by atoms with Crippen LogP contribution in [-0.2, 0) is 0 Å². The van der Waals surface area contributed by atoms with E-state index in [2.05, 4.69) is 15.2 Å². The van der Waals surface area contributed by atoms with Gasteiger partial charge in [0.1, 0.15) is 5.01 Å². The molecule has 1 saturated carbocycles. The van der Waals surface area contributed by atoms with Gasteiger partial charge in [-0.05, 0) is 25.0 Å². The molecule has 0 N–H and O–H groups in total. The summed E-state index contributed by atoms with van der Waals surface area (Å²) >= 11 is 1.59. The van der Waals surface area contributed by atoms with Crippen molar-refractivity contribution in [3.05, 3.63) is 30.4 Å². The highest BCUT2D eigenvalue weighted by Gasteiger charge is 2.22. The number of nitrogens with zero attached hydrogens (tertiary/aromatic N) is 5. The van der Waals surface area contributed by atoms with E-state index >= 15 is 0 Å². The van der Waals surface area contributed by atoms with E-state index in [9.17, 15) is 0 Å². The number of hydrogen-bond donors (Lipinski definition) is 0. The van der Waals surface area contributed by atoms with Gasteiger partial charge in [-0.3, -0.25) is 4.98 Å². The van der Waals surface area contributed by atoms with Crippen LogP contribution in [0.15, 0.2) is 24.5 Å². The zero-order chi connectivity index (χ0) is 13.4. The Morgan fingerprint density at radius 1 is 1.05 bits per heavy atom. The fraction of sp³-hybridized carbons (Fsp3) is 0.429. The molecule has 0 unspecified atom stereocenters. The van der Waals surface area contributed by atoms with Gasteiger partial charge < -0.3 is 0 Å². The van der Waals surface area contributed by atoms with Gasteiger partial charge in [0.2, 0.25) is 4.96 Å². The smallest absolute Gasteiger partial charge is 0.234 e. The van der Waals surface area contributed by atoms with Crippen LogP contribution in [0, 0.1) is 0 Å². The summed E-state index contributed by atoms with van der Waals surface area (Å²) in [6.45, 7) is 0. The van der Waals surface area contributed by atoms with Gasteiger partial charge in [0.15, 0.2) is 5.82 Å². The highest BCUT2D eigenvalue weighted by molar-refractivity contribution is 7.19. The minimum absolute atomic E-state index is 0.520. The van der Waals surface area contributed by atoms with Crippen molar-refractivity contribution in [1.82, 2.24) is 24.8 Å². The highest BCUT2D eigenvalue weighted by atomic mass is 32.1. The molecule has 6 heteroatoms. The Labute approximate surface area is 120 Å². The molecule has 4 rings (SSSR count). The molecule has 0 bridgehead atoms. The molecular weight excluding hydrogens is 270 g/mol. The molecule has 102 valence electrons. The third kappa shape index (κ3) is 2.00. The molecule has 0 spiro atoms. The van der Waals surface area contributed by atoms with Gasteiger partial charge in [-0.1, -0.05) is 30.6 Å². The number of pyridine rings is 1. The molecule has 3 aromatic heterocycles. The number of fused-ring (bicyclic) bond motifs is 1. The molecule has 3 heterocycles. The van der Waals surface area contributed by atoms with Gasteiger partial charge in [0.05, 0.1) is 0 Å². The largest absolute Gasteiger partial charge is 0.265 e. The average molecular weight is 285 g/mol. The molecular formula is C14H15N5S. The first kappa shape index (κ1) is 12.0. The normalized spacial score (nSPS) is 16.8. The SMILES string of the molecule is c1cc(-c2nn3c(C4CCCCC4)nnc3s2)ccn1. The summed E-state index contributed by atoms with van der Waals surface area (Å²) in [7, 11) is 0. The predicted octanol–water partition coefficient (Wildman–Crippen LogP) is 3.30. The Bertz CT molecular complexity index is 712. The van der Waals surface area contributed by atoms with Crippen LogP contribution in [0.4, 0.5) is 0 Å². The highest BCUT2D eigenvalue weighted by Crippen LogP contribution is 2.33. The van der Waals surface area contributed by atoms with E-state index in [1.165, 1.54) is 32.1 Å². The summed E-state index contributed by atoms with van der Waals surface area (Å²) in [4.78, 5) is 4.93. The van der Waals surface area contributed by atoms with Crippen molar-refractivity contribution in [2.24, 2.45) is 0 Å². The number of aromatic nitrogens is 5. The predicted molar refractivity (Wildman–Crippen MR) is 77.7 cm³/mol. The molecule has 1 aliphatic carbocycles. The second kappa shape index (κ2) is 4.94. The lowest BCUT2D eigenvalue weighted by Gasteiger charge is -2.18. The molecule has 0 amide bonds. The van der Waals surface area contributed by atoms with E-state index in [4.69, 9.17) is 5.10 Å². The van der Waals surface area contributed by atoms with Gasteiger partial charge >= 0.3 is 0 Å². The average Bonchev–Trinajstić information content (AvgIpc) is 3.09. The standard InChI is InChI=1S/C14H15N5S/c1-2-4-10(5-3-1)12-16-17-14-19(12)18-13(20-14)11-6-8-15-9-7-11/h6-10H,1-5H2. The minimum atomic E-state index is 0.520. The summed E-state index contributed by atoms with van der Waals surface area (Å²) < 4.78 is 1.94. The molecule has 0 saturated heterocycles. The Kier molecular flexibility index (Phi) is 2.95. The summed E-state index contributed by atoms with van der Waals surface area (Å²) in [6, 6.07) is 3.96. The van der Waals surface area contributed by atoms with Crippen molar-refractivity contribution in [1.29, 1.82) is 0 Å². The lowest BCUT2D eigenvalue weighted by Crippen LogP contribution is -2.09. The zero-order valence-corrected chi connectivity index (χ0v) is 11.9. The Morgan fingerprint density at radius 3 is 2.65 bits per heavy atom. The van der Waals surface area contributed by atoms with Crippen molar-refractivity contribution in [2.75, 3.05) is 0 Å². The first-order valence-corrected chi connectivity index (χ1v) is 7.86. The van der Waals surface area contributed by atoms with Crippen LogP contribution in [-0.4, -0.2) is 24.8 Å². The van der Waals surface area contributed by atoms with Crippen LogP contribution >= 0.6 is 11.3 Å². The number of rotatable bonds is 2. The van der Waals surface area contributed by atoms with Crippen LogP contribution in [0.2, 0.25) is 0 Å². The lowest BCUT2D eigenvalue weighted by atomic mass is 9.89. The summed E-state index contributed by atoms with van der Waals surface area (Å²) in [5.41, 5.74) is 1.09. The van der Waals surface area contributed by atoms with Gasteiger partial charge in [0.25, 0.3) is 0 Å². The maximum Gasteiger partial charge on any atom is 0.234 e. The van der Waals surface area contributed by atoms with Crippen molar-refractivity contribution in [3.63, 3.8) is 0 Å². The first-order chi connectivity index (χ1) is 9.92. The molecule has 0 aliphatic heterocycles. The summed E-state index contributed by atoms with van der Waals surface area (Å²) in [5.74, 6) is 1.56. The molecule has 1 aliphatic rings. The quantitative estimate of drug-likeness (QED) is 0.725. The van der Waals surface area contributed by atoms with Crippen molar-refractivity contribution in [2.45, 2.75) is 38.0 Å². The van der Waals surface area contributed by atoms with E-state index < -0.39 is 0 Å². The van der Waals surface area contributed by atoms with Crippen LogP contribution in [0.25, 0.3) is 15.5 Å². The van der Waals surface area contributed by atoms with E-state index in [1.54, 1.807) is 23.7 Å². The van der Waals surface area contributed by atoms with E-state index in [1.807, 2.05) is 16.6 Å². The Balaban J connectivity index is 1.75. The van der Waals surface area contributed by atoms with E-state index in [0.717, 1.165) is 21.4 Å². The molecule has 0 radical (unpaired) electrons. The molecule has 0 atom stereocenters. The Morgan fingerprint density at radius 2 is 1.85 bits per heavy atom. The van der Waals surface area contributed by atoms with Crippen LogP contribution < -0.4 is 0 Å². The van der Waals surface area contributed by atoms with E-state index in [-0.39, 0.29) is 0 Å². The fourth-order valence-corrected chi connectivity index (χ4v) is 3.71. The lowest BCUT2D eigenvalue weighted by molar-refractivity contribution is 0.423. The first-order valence-electron chi connectivity index (χ1n) is 7.04. The van der Waals surface area contributed by atoms with Gasteiger partial charge in [-0.2, -0.15) is 9.61 Å². The topological polar surface area (TPSA) is 56.0 Å².